The van der Waals surface area contributed by atoms with Crippen LogP contribution in [0.3, 0.4) is 0 Å². The largest absolute Gasteiger partial charge is 0.491 e. The van der Waals surface area contributed by atoms with Crippen LogP contribution in [0.25, 0.3) is 0 Å². The number of hydrogen-bond acceptors (Lipinski definition) is 5. The Hall–Kier alpha value is -3.59. The monoisotopic (exact) mass is 451 g/mol. The van der Waals surface area contributed by atoms with Crippen molar-refractivity contribution in [3.8, 4) is 5.75 Å². The van der Waals surface area contributed by atoms with Crippen molar-refractivity contribution in [2.75, 3.05) is 20.2 Å². The first-order valence-corrected chi connectivity index (χ1v) is 11.0. The number of carbonyl (C=O) groups excluding carboxylic acids is 2. The molecule has 0 bridgehead atoms. The summed E-state index contributed by atoms with van der Waals surface area (Å²) in [4.78, 5) is 32.6. The number of benzene rings is 2. The summed E-state index contributed by atoms with van der Waals surface area (Å²) in [7, 11) is 1.62. The minimum atomic E-state index is -0.881. The summed E-state index contributed by atoms with van der Waals surface area (Å²) in [5.41, 5.74) is 2.16. The van der Waals surface area contributed by atoms with Crippen LogP contribution in [0.1, 0.15) is 18.1 Å². The summed E-state index contributed by atoms with van der Waals surface area (Å²) >= 11 is 0. The molecule has 174 valence electrons. The zero-order valence-electron chi connectivity index (χ0n) is 18.8. The van der Waals surface area contributed by atoms with E-state index >= 15 is 0 Å². The van der Waals surface area contributed by atoms with E-state index in [1.54, 1.807) is 11.9 Å². The third kappa shape index (κ3) is 5.09. The Morgan fingerprint density at radius 3 is 2.64 bits per heavy atom. The number of urea groups is 1. The molecule has 9 nitrogen and oxygen atoms in total. The molecule has 0 radical (unpaired) electrons. The SMILES string of the molecule is CCc1cccc(OCC(O)CN2C(=NCc3ccccc3)NC3C2C(=O)NC(=O)N3C)c1. The highest BCUT2D eigenvalue weighted by molar-refractivity contribution is 6.04. The number of ether oxygens (including phenoxy) is 1. The highest BCUT2D eigenvalue weighted by Gasteiger charge is 2.50. The van der Waals surface area contributed by atoms with Gasteiger partial charge in [0, 0.05) is 7.05 Å². The van der Waals surface area contributed by atoms with E-state index in [4.69, 9.17) is 4.74 Å². The van der Waals surface area contributed by atoms with Gasteiger partial charge >= 0.3 is 6.03 Å². The number of nitrogens with zero attached hydrogens (tertiary/aromatic N) is 3. The van der Waals surface area contributed by atoms with Crippen molar-refractivity contribution in [2.45, 2.75) is 38.2 Å². The second kappa shape index (κ2) is 9.91. The Morgan fingerprint density at radius 1 is 1.12 bits per heavy atom. The molecular formula is C24H29N5O4. The van der Waals surface area contributed by atoms with Crippen LogP contribution in [0.15, 0.2) is 59.6 Å². The van der Waals surface area contributed by atoms with Crippen molar-refractivity contribution < 1.29 is 19.4 Å². The van der Waals surface area contributed by atoms with Gasteiger partial charge in [-0.25, -0.2) is 9.79 Å². The topological polar surface area (TPSA) is 106 Å². The number of likely N-dealkylation sites (N-methyl/N-ethyl adjacent to an activating group) is 1. The van der Waals surface area contributed by atoms with E-state index in [0.29, 0.717) is 18.3 Å². The smallest absolute Gasteiger partial charge is 0.325 e. The van der Waals surface area contributed by atoms with Crippen LogP contribution in [0, 0.1) is 0 Å². The first-order chi connectivity index (χ1) is 16.0. The molecule has 2 aliphatic rings. The number of aryl methyl sites for hydroxylation is 1. The Bertz CT molecular complexity index is 1030. The van der Waals surface area contributed by atoms with Crippen LogP contribution in [0.4, 0.5) is 4.79 Å². The highest BCUT2D eigenvalue weighted by atomic mass is 16.5. The molecule has 3 amide bonds. The van der Waals surface area contributed by atoms with Gasteiger partial charge in [0.25, 0.3) is 5.91 Å². The Balaban J connectivity index is 1.49. The molecule has 0 aliphatic carbocycles. The van der Waals surface area contributed by atoms with Crippen LogP contribution in [-0.2, 0) is 17.8 Å². The molecule has 0 aromatic heterocycles. The third-order valence-electron chi connectivity index (χ3n) is 5.83. The Kier molecular flexibility index (Phi) is 6.79. The number of imide groups is 1. The van der Waals surface area contributed by atoms with Gasteiger partial charge < -0.3 is 25.0 Å². The average molecular weight is 452 g/mol. The number of aliphatic imine (C=N–C) groups is 1. The first-order valence-electron chi connectivity index (χ1n) is 11.0. The maximum Gasteiger partial charge on any atom is 0.325 e. The van der Waals surface area contributed by atoms with Crippen molar-refractivity contribution in [3.05, 3.63) is 65.7 Å². The van der Waals surface area contributed by atoms with Crippen LogP contribution < -0.4 is 15.4 Å². The molecule has 0 spiro atoms. The fourth-order valence-corrected chi connectivity index (χ4v) is 4.00. The number of aliphatic hydroxyl groups is 1. The lowest BCUT2D eigenvalue weighted by atomic mass is 10.1. The number of amides is 3. The molecular weight excluding hydrogens is 422 g/mol. The van der Waals surface area contributed by atoms with Crippen LogP contribution in [0.2, 0.25) is 0 Å². The van der Waals surface area contributed by atoms with E-state index in [1.807, 2.05) is 54.6 Å². The van der Waals surface area contributed by atoms with E-state index in [9.17, 15) is 14.7 Å². The fourth-order valence-electron chi connectivity index (χ4n) is 4.00. The van der Waals surface area contributed by atoms with Crippen molar-refractivity contribution in [3.63, 3.8) is 0 Å². The summed E-state index contributed by atoms with van der Waals surface area (Å²) in [6, 6.07) is 16.3. The van der Waals surface area contributed by atoms with Crippen LogP contribution >= 0.6 is 0 Å². The molecule has 4 rings (SSSR count). The molecule has 2 saturated heterocycles. The summed E-state index contributed by atoms with van der Waals surface area (Å²) < 4.78 is 5.78. The predicted octanol–water partition coefficient (Wildman–Crippen LogP) is 1.33. The van der Waals surface area contributed by atoms with Crippen molar-refractivity contribution in [2.24, 2.45) is 4.99 Å². The van der Waals surface area contributed by atoms with E-state index < -0.39 is 30.2 Å². The molecule has 33 heavy (non-hydrogen) atoms. The second-order valence-corrected chi connectivity index (χ2v) is 8.18. The van der Waals surface area contributed by atoms with Gasteiger partial charge in [0.2, 0.25) is 0 Å². The van der Waals surface area contributed by atoms with Gasteiger partial charge in [-0.2, -0.15) is 0 Å². The molecule has 0 saturated carbocycles. The normalized spacial score (nSPS) is 22.1. The molecule has 3 atom stereocenters. The molecule has 3 unspecified atom stereocenters. The quantitative estimate of drug-likeness (QED) is 0.559. The Morgan fingerprint density at radius 2 is 1.88 bits per heavy atom. The second-order valence-electron chi connectivity index (χ2n) is 8.18. The maximum atomic E-state index is 12.7. The van der Waals surface area contributed by atoms with Gasteiger partial charge in [-0.3, -0.25) is 10.1 Å². The number of nitrogens with one attached hydrogen (secondary N) is 2. The van der Waals surface area contributed by atoms with Gasteiger partial charge in [0.1, 0.15) is 24.6 Å². The molecule has 2 aromatic rings. The van der Waals surface area contributed by atoms with Crippen molar-refractivity contribution in [1.82, 2.24) is 20.4 Å². The lowest BCUT2D eigenvalue weighted by Crippen LogP contribution is -2.65. The lowest BCUT2D eigenvalue weighted by Gasteiger charge is -2.35. The van der Waals surface area contributed by atoms with E-state index in [1.165, 1.54) is 4.90 Å². The highest BCUT2D eigenvalue weighted by Crippen LogP contribution is 2.22. The minimum Gasteiger partial charge on any atom is -0.491 e. The lowest BCUT2D eigenvalue weighted by molar-refractivity contribution is -0.127. The average Bonchev–Trinajstić information content (AvgIpc) is 3.19. The third-order valence-corrected chi connectivity index (χ3v) is 5.83. The van der Waals surface area contributed by atoms with Crippen LogP contribution in [0.5, 0.6) is 5.75 Å². The summed E-state index contributed by atoms with van der Waals surface area (Å²) in [6.07, 6.45) is -0.561. The number of β-amino-alcohol motifs (C(OH)–C–C–N with tert-alkyl or cyclic N) is 1. The van der Waals surface area contributed by atoms with Gasteiger partial charge in [0.05, 0.1) is 13.1 Å². The summed E-state index contributed by atoms with van der Waals surface area (Å²) in [6.45, 7) is 2.64. The minimum absolute atomic E-state index is 0.0589. The molecule has 3 N–H and O–H groups in total. The van der Waals surface area contributed by atoms with E-state index in [0.717, 1.165) is 17.5 Å². The molecule has 2 aromatic carbocycles. The number of aliphatic hydroxyl groups excluding tert-OH is 1. The van der Waals surface area contributed by atoms with Crippen molar-refractivity contribution in [1.29, 1.82) is 0 Å². The molecule has 2 heterocycles. The number of carbonyl (C=O) groups is 2. The van der Waals surface area contributed by atoms with Crippen molar-refractivity contribution >= 4 is 17.9 Å². The van der Waals surface area contributed by atoms with E-state index in [-0.39, 0.29) is 13.2 Å². The van der Waals surface area contributed by atoms with Gasteiger partial charge in [0.15, 0.2) is 12.0 Å². The summed E-state index contributed by atoms with van der Waals surface area (Å²) in [5.74, 6) is 0.714. The number of fused-ring (bicyclic) bond motifs is 1. The maximum absolute atomic E-state index is 12.7. The van der Waals surface area contributed by atoms with Gasteiger partial charge in [-0.1, -0.05) is 49.4 Å². The van der Waals surface area contributed by atoms with Crippen LogP contribution in [-0.4, -0.2) is 71.3 Å². The van der Waals surface area contributed by atoms with Gasteiger partial charge in [-0.05, 0) is 29.7 Å². The Labute approximate surface area is 193 Å². The zero-order chi connectivity index (χ0) is 23.4. The number of hydrogen-bond donors (Lipinski definition) is 3. The predicted molar refractivity (Wildman–Crippen MR) is 124 cm³/mol. The summed E-state index contributed by atoms with van der Waals surface area (Å²) in [5, 5.41) is 16.3. The number of guanidine groups is 1. The zero-order valence-corrected chi connectivity index (χ0v) is 18.8. The molecule has 2 fully saturated rings. The standard InChI is InChI=1S/C24H29N5O4/c1-3-16-10-7-11-19(12-16)33-15-18(30)14-29-20-21(28(2)24(32)27-22(20)31)26-23(29)25-13-17-8-5-4-6-9-17/h4-12,18,20-21,30H,3,13-15H2,1-2H3,(H,25,26)(H,27,31,32). The fraction of sp³-hybridized carbons (Fsp3) is 0.375. The molecule has 9 heteroatoms. The number of rotatable bonds is 8. The van der Waals surface area contributed by atoms with Gasteiger partial charge in [-0.15, -0.1) is 0 Å². The molecule has 2 aliphatic heterocycles. The van der Waals surface area contributed by atoms with E-state index in [2.05, 4.69) is 22.5 Å². The first kappa shape index (κ1) is 22.6.